The molecule has 0 saturated heterocycles. The predicted octanol–water partition coefficient (Wildman–Crippen LogP) is 3.01. The van der Waals surface area contributed by atoms with E-state index in [0.29, 0.717) is 27.8 Å². The number of nitrogens with zero attached hydrogens (tertiary/aromatic N) is 4. The quantitative estimate of drug-likeness (QED) is 0.739. The maximum absolute atomic E-state index is 13.6. The Labute approximate surface area is 125 Å². The molecule has 1 heterocycles. The number of aromatic nitrogens is 4. The molecule has 2 aromatic carbocycles. The lowest BCUT2D eigenvalue weighted by atomic mass is 10.1. The molecule has 0 aliphatic rings. The normalized spacial score (nSPS) is 10.8. The van der Waals surface area contributed by atoms with Crippen molar-refractivity contribution in [2.75, 3.05) is 5.73 Å². The Morgan fingerprint density at radius 3 is 2.71 bits per heavy atom. The number of tetrazole rings is 1. The lowest BCUT2D eigenvalue weighted by molar-refractivity contribution is 0.623. The molecule has 3 rings (SSSR count). The Bertz CT molecular complexity index is 795. The zero-order valence-electron chi connectivity index (χ0n) is 11.1. The number of anilines is 1. The average Bonchev–Trinajstić information content (AvgIpc) is 2.90. The molecule has 7 heteroatoms. The highest BCUT2D eigenvalue weighted by Crippen LogP contribution is 2.26. The van der Waals surface area contributed by atoms with E-state index >= 15 is 0 Å². The third-order valence-electron chi connectivity index (χ3n) is 3.00. The number of rotatable bonds is 2. The van der Waals surface area contributed by atoms with Gasteiger partial charge in [-0.3, -0.25) is 0 Å². The molecule has 106 valence electrons. The van der Waals surface area contributed by atoms with Gasteiger partial charge in [-0.05, 0) is 59.3 Å². The Morgan fingerprint density at radius 1 is 1.19 bits per heavy atom. The van der Waals surface area contributed by atoms with Gasteiger partial charge in [-0.1, -0.05) is 11.6 Å². The van der Waals surface area contributed by atoms with Gasteiger partial charge in [0, 0.05) is 5.56 Å². The van der Waals surface area contributed by atoms with Gasteiger partial charge < -0.3 is 5.73 Å². The molecule has 1 aromatic heterocycles. The Kier molecular flexibility index (Phi) is 3.31. The fourth-order valence-electron chi connectivity index (χ4n) is 2.05. The van der Waals surface area contributed by atoms with Gasteiger partial charge in [-0.2, -0.15) is 4.68 Å². The topological polar surface area (TPSA) is 69.6 Å². The van der Waals surface area contributed by atoms with Crippen LogP contribution in [0.2, 0.25) is 5.02 Å². The van der Waals surface area contributed by atoms with Crippen LogP contribution in [0.4, 0.5) is 10.1 Å². The molecule has 0 saturated carbocycles. The SMILES string of the molecule is Cc1cc(F)cc(-n2nnnc2-c2ccc(N)c(Cl)c2)c1. The second-order valence-corrected chi connectivity index (χ2v) is 5.04. The van der Waals surface area contributed by atoms with Gasteiger partial charge in [0.05, 0.1) is 16.4 Å². The molecule has 0 spiro atoms. The molecule has 0 amide bonds. The summed E-state index contributed by atoms with van der Waals surface area (Å²) in [5.74, 6) is 0.115. The summed E-state index contributed by atoms with van der Waals surface area (Å²) in [6, 6.07) is 9.70. The first-order chi connectivity index (χ1) is 10.0. The first-order valence-corrected chi connectivity index (χ1v) is 6.54. The second-order valence-electron chi connectivity index (χ2n) is 4.64. The molecule has 0 bridgehead atoms. The minimum absolute atomic E-state index is 0.346. The molecule has 0 aliphatic heterocycles. The maximum Gasteiger partial charge on any atom is 0.187 e. The van der Waals surface area contributed by atoms with Gasteiger partial charge in [-0.25, -0.2) is 4.39 Å². The molecule has 0 atom stereocenters. The molecule has 21 heavy (non-hydrogen) atoms. The van der Waals surface area contributed by atoms with Crippen molar-refractivity contribution in [3.63, 3.8) is 0 Å². The first kappa shape index (κ1) is 13.5. The van der Waals surface area contributed by atoms with Gasteiger partial charge >= 0.3 is 0 Å². The molecule has 3 aromatic rings. The van der Waals surface area contributed by atoms with Crippen LogP contribution in [0.1, 0.15) is 5.56 Å². The van der Waals surface area contributed by atoms with Crippen LogP contribution in [0.25, 0.3) is 17.1 Å². The number of halogens is 2. The number of aryl methyl sites for hydroxylation is 1. The summed E-state index contributed by atoms with van der Waals surface area (Å²) >= 11 is 6.02. The van der Waals surface area contributed by atoms with Crippen molar-refractivity contribution in [3.8, 4) is 17.1 Å². The van der Waals surface area contributed by atoms with E-state index in [1.807, 2.05) is 0 Å². The van der Waals surface area contributed by atoms with Crippen LogP contribution in [0.3, 0.4) is 0 Å². The minimum atomic E-state index is -0.346. The largest absolute Gasteiger partial charge is 0.398 e. The van der Waals surface area contributed by atoms with Gasteiger partial charge in [0.2, 0.25) is 0 Å². The number of nitrogens with two attached hydrogens (primary N) is 1. The molecule has 0 unspecified atom stereocenters. The number of hydrogen-bond acceptors (Lipinski definition) is 4. The Hall–Kier alpha value is -2.47. The molecule has 0 radical (unpaired) electrons. The summed E-state index contributed by atoms with van der Waals surface area (Å²) in [5.41, 5.74) is 8.18. The van der Waals surface area contributed by atoms with E-state index in [4.69, 9.17) is 17.3 Å². The number of benzene rings is 2. The highest BCUT2D eigenvalue weighted by atomic mass is 35.5. The summed E-state index contributed by atoms with van der Waals surface area (Å²) in [6.07, 6.45) is 0. The summed E-state index contributed by atoms with van der Waals surface area (Å²) in [4.78, 5) is 0. The van der Waals surface area contributed by atoms with E-state index in [9.17, 15) is 4.39 Å². The number of nitrogen functional groups attached to an aromatic ring is 1. The standard InChI is InChI=1S/C14H11ClFN5/c1-8-4-10(16)7-11(5-8)21-14(18-19-20-21)9-2-3-13(17)12(15)6-9/h2-7H,17H2,1H3. The summed E-state index contributed by atoms with van der Waals surface area (Å²) in [6.45, 7) is 1.80. The van der Waals surface area contributed by atoms with Crippen LogP contribution in [0, 0.1) is 12.7 Å². The van der Waals surface area contributed by atoms with Crippen molar-refractivity contribution in [2.24, 2.45) is 0 Å². The van der Waals surface area contributed by atoms with Crippen molar-refractivity contribution in [3.05, 3.63) is 52.8 Å². The van der Waals surface area contributed by atoms with Crippen LogP contribution in [-0.4, -0.2) is 20.2 Å². The molecule has 2 N–H and O–H groups in total. The van der Waals surface area contributed by atoms with E-state index in [1.54, 1.807) is 31.2 Å². The summed E-state index contributed by atoms with van der Waals surface area (Å²) in [5, 5.41) is 12.0. The monoisotopic (exact) mass is 303 g/mol. The third-order valence-corrected chi connectivity index (χ3v) is 3.33. The molecule has 5 nitrogen and oxygen atoms in total. The van der Waals surface area contributed by atoms with Crippen molar-refractivity contribution in [2.45, 2.75) is 6.92 Å². The van der Waals surface area contributed by atoms with Crippen molar-refractivity contribution in [1.29, 1.82) is 0 Å². The van der Waals surface area contributed by atoms with E-state index in [2.05, 4.69) is 15.5 Å². The van der Waals surface area contributed by atoms with Gasteiger partial charge in [0.1, 0.15) is 5.82 Å². The zero-order chi connectivity index (χ0) is 15.0. The van der Waals surface area contributed by atoms with Crippen LogP contribution in [0.5, 0.6) is 0 Å². The van der Waals surface area contributed by atoms with Crippen LogP contribution >= 0.6 is 11.6 Å². The highest BCUT2D eigenvalue weighted by molar-refractivity contribution is 6.33. The van der Waals surface area contributed by atoms with Crippen molar-refractivity contribution >= 4 is 17.3 Å². The third kappa shape index (κ3) is 2.57. The van der Waals surface area contributed by atoms with Gasteiger partial charge in [0.15, 0.2) is 5.82 Å². The van der Waals surface area contributed by atoms with E-state index < -0.39 is 0 Å². The van der Waals surface area contributed by atoms with Crippen LogP contribution < -0.4 is 5.73 Å². The fourth-order valence-corrected chi connectivity index (χ4v) is 2.23. The van der Waals surface area contributed by atoms with E-state index in [-0.39, 0.29) is 5.82 Å². The zero-order valence-corrected chi connectivity index (χ0v) is 11.8. The predicted molar refractivity (Wildman–Crippen MR) is 78.7 cm³/mol. The van der Waals surface area contributed by atoms with E-state index in [1.165, 1.54) is 16.8 Å². The second kappa shape index (κ2) is 5.14. The summed E-state index contributed by atoms with van der Waals surface area (Å²) in [7, 11) is 0. The molecular formula is C14H11ClFN5. The van der Waals surface area contributed by atoms with Gasteiger partial charge in [-0.15, -0.1) is 5.10 Å². The highest BCUT2D eigenvalue weighted by Gasteiger charge is 2.13. The van der Waals surface area contributed by atoms with E-state index in [0.717, 1.165) is 5.56 Å². The fraction of sp³-hybridized carbons (Fsp3) is 0.0714. The Balaban J connectivity index is 2.14. The lowest BCUT2D eigenvalue weighted by Crippen LogP contribution is -2.01. The lowest BCUT2D eigenvalue weighted by Gasteiger charge is -2.07. The number of hydrogen-bond donors (Lipinski definition) is 1. The maximum atomic E-state index is 13.6. The molecule has 0 fully saturated rings. The van der Waals surface area contributed by atoms with Crippen molar-refractivity contribution < 1.29 is 4.39 Å². The molecular weight excluding hydrogens is 293 g/mol. The van der Waals surface area contributed by atoms with Crippen molar-refractivity contribution in [1.82, 2.24) is 20.2 Å². The Morgan fingerprint density at radius 2 is 2.00 bits per heavy atom. The average molecular weight is 304 g/mol. The summed E-state index contributed by atoms with van der Waals surface area (Å²) < 4.78 is 15.0. The van der Waals surface area contributed by atoms with Crippen LogP contribution in [-0.2, 0) is 0 Å². The minimum Gasteiger partial charge on any atom is -0.398 e. The van der Waals surface area contributed by atoms with Gasteiger partial charge in [0.25, 0.3) is 0 Å². The molecule has 0 aliphatic carbocycles. The smallest absolute Gasteiger partial charge is 0.187 e. The first-order valence-electron chi connectivity index (χ1n) is 6.16. The van der Waals surface area contributed by atoms with Crippen LogP contribution in [0.15, 0.2) is 36.4 Å².